The van der Waals surface area contributed by atoms with E-state index in [2.05, 4.69) is 5.32 Å². The third kappa shape index (κ3) is 4.55. The average Bonchev–Trinajstić information content (AvgIpc) is 2.99. The first-order valence-corrected chi connectivity index (χ1v) is 9.32. The summed E-state index contributed by atoms with van der Waals surface area (Å²) in [5.74, 6) is 0.0108. The van der Waals surface area contributed by atoms with Gasteiger partial charge in [0.25, 0.3) is 11.8 Å². The number of hydrogen-bond donors (Lipinski definition) is 2. The van der Waals surface area contributed by atoms with E-state index in [1.54, 1.807) is 29.2 Å². The number of carbonyl (C=O) groups is 2. The monoisotopic (exact) mass is 411 g/mol. The van der Waals surface area contributed by atoms with Gasteiger partial charge in [0.05, 0.1) is 13.2 Å². The number of benzene rings is 2. The van der Waals surface area contributed by atoms with Crippen LogP contribution >= 0.6 is 12.2 Å². The van der Waals surface area contributed by atoms with Crippen LogP contribution in [0.2, 0.25) is 0 Å². The van der Waals surface area contributed by atoms with E-state index in [-0.39, 0.29) is 18.6 Å². The molecule has 3 rings (SSSR count). The SMILES string of the molecule is COc1cc(/C=C2\NC(=S)N(C(C)c3ccccc3)C2=O)ccc1OCC(N)=O. The molecule has 3 N–H and O–H groups in total. The number of ether oxygens (including phenoxy) is 2. The van der Waals surface area contributed by atoms with Crippen LogP contribution in [0.1, 0.15) is 24.1 Å². The van der Waals surface area contributed by atoms with Crippen molar-refractivity contribution in [2.45, 2.75) is 13.0 Å². The van der Waals surface area contributed by atoms with Crippen LogP contribution in [0.5, 0.6) is 11.5 Å². The smallest absolute Gasteiger partial charge is 0.277 e. The van der Waals surface area contributed by atoms with Gasteiger partial charge in [-0.2, -0.15) is 0 Å². The second-order valence-corrected chi connectivity index (χ2v) is 6.80. The van der Waals surface area contributed by atoms with E-state index in [4.69, 9.17) is 27.4 Å². The molecule has 0 saturated carbocycles. The zero-order chi connectivity index (χ0) is 21.0. The van der Waals surface area contributed by atoms with Crippen LogP contribution in [0.4, 0.5) is 0 Å². The topological polar surface area (TPSA) is 93.9 Å². The summed E-state index contributed by atoms with van der Waals surface area (Å²) in [4.78, 5) is 25.4. The van der Waals surface area contributed by atoms with Gasteiger partial charge in [-0.3, -0.25) is 14.5 Å². The van der Waals surface area contributed by atoms with Gasteiger partial charge in [-0.05, 0) is 48.5 Å². The molecule has 1 atom stereocenters. The molecule has 0 bridgehead atoms. The van der Waals surface area contributed by atoms with Gasteiger partial charge in [0, 0.05) is 0 Å². The number of hydrogen-bond acceptors (Lipinski definition) is 5. The number of thiocarbonyl (C=S) groups is 1. The molecule has 0 spiro atoms. The summed E-state index contributed by atoms with van der Waals surface area (Å²) in [6.07, 6.45) is 1.69. The highest BCUT2D eigenvalue weighted by Gasteiger charge is 2.34. The van der Waals surface area contributed by atoms with Crippen LogP contribution in [0, 0.1) is 0 Å². The molecule has 0 aliphatic carbocycles. The van der Waals surface area contributed by atoms with Gasteiger partial charge in [-0.15, -0.1) is 0 Å². The lowest BCUT2D eigenvalue weighted by Crippen LogP contribution is -2.33. The molecule has 0 radical (unpaired) electrons. The molecular weight excluding hydrogens is 390 g/mol. The summed E-state index contributed by atoms with van der Waals surface area (Å²) < 4.78 is 10.6. The molecule has 8 heteroatoms. The lowest BCUT2D eigenvalue weighted by atomic mass is 10.1. The standard InChI is InChI=1S/C21H21N3O4S/c1-13(15-6-4-3-5-7-15)24-20(26)16(23-21(24)29)10-14-8-9-17(18(11-14)27-2)28-12-19(22)25/h3-11,13H,12H2,1-2H3,(H2,22,25)(H,23,29)/b16-10-. The predicted molar refractivity (Wildman–Crippen MR) is 113 cm³/mol. The van der Waals surface area contributed by atoms with Gasteiger partial charge in [-0.25, -0.2) is 0 Å². The normalized spacial score (nSPS) is 15.9. The summed E-state index contributed by atoms with van der Waals surface area (Å²) in [6, 6.07) is 14.6. The highest BCUT2D eigenvalue weighted by Crippen LogP contribution is 2.30. The van der Waals surface area contributed by atoms with Crippen LogP contribution in [0.25, 0.3) is 6.08 Å². The lowest BCUT2D eigenvalue weighted by molar-refractivity contribution is -0.123. The number of nitrogens with zero attached hydrogens (tertiary/aromatic N) is 1. The fraction of sp³-hybridized carbons (Fsp3) is 0.190. The van der Waals surface area contributed by atoms with E-state index in [1.165, 1.54) is 7.11 Å². The minimum Gasteiger partial charge on any atom is -0.493 e. The molecule has 1 saturated heterocycles. The maximum absolute atomic E-state index is 12.9. The molecule has 1 unspecified atom stereocenters. The van der Waals surface area contributed by atoms with Gasteiger partial charge in [-0.1, -0.05) is 36.4 Å². The third-order valence-corrected chi connectivity index (χ3v) is 4.75. The second kappa shape index (κ2) is 8.74. The Morgan fingerprint density at radius 3 is 2.62 bits per heavy atom. The molecule has 1 aliphatic heterocycles. The van der Waals surface area contributed by atoms with Crippen molar-refractivity contribution in [1.29, 1.82) is 0 Å². The van der Waals surface area contributed by atoms with Gasteiger partial charge < -0.3 is 20.5 Å². The van der Waals surface area contributed by atoms with Crippen molar-refractivity contribution in [1.82, 2.24) is 10.2 Å². The Morgan fingerprint density at radius 2 is 1.97 bits per heavy atom. The van der Waals surface area contributed by atoms with Crippen molar-refractivity contribution in [2.24, 2.45) is 5.73 Å². The highest BCUT2D eigenvalue weighted by molar-refractivity contribution is 7.80. The van der Waals surface area contributed by atoms with Gasteiger partial charge in [0.15, 0.2) is 23.2 Å². The first kappa shape index (κ1) is 20.3. The van der Waals surface area contributed by atoms with Crippen molar-refractivity contribution in [3.8, 4) is 11.5 Å². The first-order valence-electron chi connectivity index (χ1n) is 8.91. The molecule has 7 nitrogen and oxygen atoms in total. The van der Waals surface area contributed by atoms with Crippen molar-refractivity contribution < 1.29 is 19.1 Å². The van der Waals surface area contributed by atoms with E-state index in [1.807, 2.05) is 37.3 Å². The lowest BCUT2D eigenvalue weighted by Gasteiger charge is -2.23. The fourth-order valence-corrected chi connectivity index (χ4v) is 3.34. The molecule has 1 fully saturated rings. The molecule has 150 valence electrons. The fourth-order valence-electron chi connectivity index (χ4n) is 2.99. The number of primary amides is 1. The zero-order valence-corrected chi connectivity index (χ0v) is 16.9. The zero-order valence-electron chi connectivity index (χ0n) is 16.0. The number of methoxy groups -OCH3 is 1. The minimum atomic E-state index is -0.583. The van der Waals surface area contributed by atoms with Crippen molar-refractivity contribution in [3.63, 3.8) is 0 Å². The van der Waals surface area contributed by atoms with E-state index < -0.39 is 5.91 Å². The van der Waals surface area contributed by atoms with Crippen LogP contribution in [-0.4, -0.2) is 35.5 Å². The summed E-state index contributed by atoms with van der Waals surface area (Å²) in [7, 11) is 1.49. The number of carbonyl (C=O) groups excluding carboxylic acids is 2. The molecule has 2 aromatic rings. The molecule has 29 heavy (non-hydrogen) atoms. The summed E-state index contributed by atoms with van der Waals surface area (Å²) in [6.45, 7) is 1.68. The van der Waals surface area contributed by atoms with Crippen LogP contribution in [0.15, 0.2) is 54.2 Å². The molecule has 2 amide bonds. The molecular formula is C21H21N3O4S. The van der Waals surface area contributed by atoms with E-state index >= 15 is 0 Å². The van der Waals surface area contributed by atoms with Crippen molar-refractivity contribution >= 4 is 35.2 Å². The Kier molecular flexibility index (Phi) is 6.13. The van der Waals surface area contributed by atoms with Crippen LogP contribution in [-0.2, 0) is 9.59 Å². The number of nitrogens with two attached hydrogens (primary N) is 1. The Bertz CT molecular complexity index is 975. The predicted octanol–water partition coefficient (Wildman–Crippen LogP) is 2.38. The molecule has 2 aromatic carbocycles. The number of amides is 2. The van der Waals surface area contributed by atoms with E-state index in [9.17, 15) is 9.59 Å². The Balaban J connectivity index is 1.83. The summed E-state index contributed by atoms with van der Waals surface area (Å²) in [5.41, 5.74) is 7.17. The maximum Gasteiger partial charge on any atom is 0.277 e. The van der Waals surface area contributed by atoms with E-state index in [0.717, 1.165) is 5.56 Å². The second-order valence-electron chi connectivity index (χ2n) is 6.42. The highest BCUT2D eigenvalue weighted by atomic mass is 32.1. The van der Waals surface area contributed by atoms with Crippen LogP contribution in [0.3, 0.4) is 0 Å². The quantitative estimate of drug-likeness (QED) is 0.537. The molecule has 1 aliphatic rings. The van der Waals surface area contributed by atoms with Crippen molar-refractivity contribution in [3.05, 3.63) is 65.4 Å². The molecule has 1 heterocycles. The third-order valence-electron chi connectivity index (χ3n) is 4.45. The van der Waals surface area contributed by atoms with Crippen molar-refractivity contribution in [2.75, 3.05) is 13.7 Å². The Morgan fingerprint density at radius 1 is 1.24 bits per heavy atom. The van der Waals surface area contributed by atoms with Gasteiger partial charge >= 0.3 is 0 Å². The van der Waals surface area contributed by atoms with Gasteiger partial charge in [0.2, 0.25) is 0 Å². The Labute approximate surface area is 174 Å². The summed E-state index contributed by atoms with van der Waals surface area (Å²) >= 11 is 5.38. The van der Waals surface area contributed by atoms with E-state index in [0.29, 0.717) is 27.9 Å². The van der Waals surface area contributed by atoms with Gasteiger partial charge in [0.1, 0.15) is 5.70 Å². The first-order chi connectivity index (χ1) is 13.9. The maximum atomic E-state index is 12.9. The average molecular weight is 411 g/mol. The minimum absolute atomic E-state index is 0.200. The Hall–Kier alpha value is -3.39. The largest absolute Gasteiger partial charge is 0.493 e. The molecule has 0 aromatic heterocycles. The number of rotatable bonds is 7. The summed E-state index contributed by atoms with van der Waals surface area (Å²) in [5, 5.41) is 3.33. The number of nitrogens with one attached hydrogen (secondary N) is 1. The van der Waals surface area contributed by atoms with Crippen LogP contribution < -0.4 is 20.5 Å².